The van der Waals surface area contributed by atoms with E-state index in [1.165, 1.54) is 11.8 Å². The van der Waals surface area contributed by atoms with Gasteiger partial charge in [-0.1, -0.05) is 6.07 Å². The second-order valence-electron chi connectivity index (χ2n) is 9.37. The number of likely N-dealkylation sites (tertiary alicyclic amines) is 1. The number of ether oxygens (including phenoxy) is 2. The first-order valence-electron chi connectivity index (χ1n) is 12.1. The van der Waals surface area contributed by atoms with E-state index in [0.717, 1.165) is 56.9 Å². The Balaban J connectivity index is 0.00000253. The summed E-state index contributed by atoms with van der Waals surface area (Å²) in [5.41, 5.74) is 2.35. The van der Waals surface area contributed by atoms with Crippen LogP contribution < -0.4 is 25.9 Å². The van der Waals surface area contributed by atoms with Crippen LogP contribution in [0.3, 0.4) is 0 Å². The van der Waals surface area contributed by atoms with E-state index < -0.39 is 0 Å². The average Bonchev–Trinajstić information content (AvgIpc) is 2.87. The minimum absolute atomic E-state index is 0. The molecule has 0 saturated carbocycles. The molecule has 6 rings (SSSR count). The molecular formula is C25H30ClN5O4. The lowest BCUT2D eigenvalue weighted by Gasteiger charge is -2.37. The molecule has 1 saturated heterocycles. The molecule has 0 bridgehead atoms. The number of benzene rings is 1. The maximum atomic E-state index is 12.7. The number of hydrogen-bond donors (Lipinski definition) is 1. The van der Waals surface area contributed by atoms with Crippen LogP contribution in [0, 0.1) is 0 Å². The average molecular weight is 500 g/mol. The smallest absolute Gasteiger partial charge is 0.270 e. The summed E-state index contributed by atoms with van der Waals surface area (Å²) in [6, 6.07) is 9.95. The Morgan fingerprint density at radius 3 is 2.57 bits per heavy atom. The number of rotatable bonds is 5. The van der Waals surface area contributed by atoms with Crippen LogP contribution in [0.5, 0.6) is 11.5 Å². The first kappa shape index (κ1) is 23.8. The number of halogens is 1. The zero-order chi connectivity index (χ0) is 23.1. The molecule has 1 N–H and O–H groups in total. The zero-order valence-electron chi connectivity index (χ0n) is 19.5. The van der Waals surface area contributed by atoms with E-state index in [1.807, 2.05) is 6.07 Å². The van der Waals surface area contributed by atoms with Gasteiger partial charge in [0.05, 0.1) is 12.2 Å². The lowest BCUT2D eigenvalue weighted by atomic mass is 10.0. The Morgan fingerprint density at radius 2 is 1.74 bits per heavy atom. The van der Waals surface area contributed by atoms with Gasteiger partial charge < -0.3 is 19.7 Å². The Labute approximate surface area is 209 Å². The van der Waals surface area contributed by atoms with Crippen LogP contribution in [-0.4, -0.2) is 57.9 Å². The molecule has 1 fully saturated rings. The maximum Gasteiger partial charge on any atom is 0.270 e. The molecule has 10 heteroatoms. The molecule has 1 aromatic carbocycles. The highest BCUT2D eigenvalue weighted by molar-refractivity contribution is 5.85. The van der Waals surface area contributed by atoms with Crippen molar-refractivity contribution in [2.45, 2.75) is 44.4 Å². The van der Waals surface area contributed by atoms with Gasteiger partial charge in [-0.2, -0.15) is 0 Å². The van der Waals surface area contributed by atoms with Crippen molar-refractivity contribution in [2.75, 3.05) is 32.8 Å². The second kappa shape index (κ2) is 10.0. The fraction of sp³-hybridized carbons (Fsp3) is 0.480. The summed E-state index contributed by atoms with van der Waals surface area (Å²) >= 11 is 0. The van der Waals surface area contributed by atoms with Crippen LogP contribution in [0.15, 0.2) is 46.1 Å². The summed E-state index contributed by atoms with van der Waals surface area (Å²) in [5, 5.41) is 3.69. The molecule has 1 atom stereocenters. The van der Waals surface area contributed by atoms with Gasteiger partial charge in [-0.25, -0.2) is 4.98 Å². The fourth-order valence-corrected chi connectivity index (χ4v) is 5.43. The van der Waals surface area contributed by atoms with E-state index in [4.69, 9.17) is 9.47 Å². The van der Waals surface area contributed by atoms with Gasteiger partial charge >= 0.3 is 0 Å². The number of fused-ring (bicyclic) bond motifs is 1. The predicted molar refractivity (Wildman–Crippen MR) is 135 cm³/mol. The predicted octanol–water partition coefficient (Wildman–Crippen LogP) is 1.95. The number of nitrogens with zero attached hydrogens (tertiary/aromatic N) is 4. The Hall–Kier alpha value is -2.88. The van der Waals surface area contributed by atoms with Crippen LogP contribution in [0.25, 0.3) is 11.2 Å². The van der Waals surface area contributed by atoms with Crippen molar-refractivity contribution in [3.8, 4) is 11.5 Å². The summed E-state index contributed by atoms with van der Waals surface area (Å²) < 4.78 is 14.8. The van der Waals surface area contributed by atoms with E-state index in [-0.39, 0.29) is 29.6 Å². The Morgan fingerprint density at radius 1 is 0.943 bits per heavy atom. The fourth-order valence-electron chi connectivity index (χ4n) is 5.43. The van der Waals surface area contributed by atoms with Crippen molar-refractivity contribution in [2.24, 2.45) is 0 Å². The third-order valence-corrected chi connectivity index (χ3v) is 7.22. The van der Waals surface area contributed by atoms with Crippen molar-refractivity contribution < 1.29 is 9.47 Å². The highest BCUT2D eigenvalue weighted by atomic mass is 35.5. The van der Waals surface area contributed by atoms with Gasteiger partial charge in [-0.3, -0.25) is 18.7 Å². The summed E-state index contributed by atoms with van der Waals surface area (Å²) in [4.78, 5) is 31.7. The molecule has 2 aromatic heterocycles. The van der Waals surface area contributed by atoms with E-state index in [1.54, 1.807) is 21.3 Å². The molecule has 3 aliphatic rings. The van der Waals surface area contributed by atoms with E-state index >= 15 is 0 Å². The van der Waals surface area contributed by atoms with E-state index in [9.17, 15) is 9.59 Å². The van der Waals surface area contributed by atoms with Crippen LogP contribution >= 0.6 is 12.4 Å². The lowest BCUT2D eigenvalue weighted by molar-refractivity contribution is 0.163. The Bertz CT molecular complexity index is 1330. The molecule has 9 nitrogen and oxygen atoms in total. The van der Waals surface area contributed by atoms with E-state index in [0.29, 0.717) is 37.0 Å². The molecule has 0 spiro atoms. The lowest BCUT2D eigenvalue weighted by Crippen LogP contribution is -2.46. The topological polar surface area (TPSA) is 90.6 Å². The number of piperidine rings is 1. The molecule has 0 unspecified atom stereocenters. The monoisotopic (exact) mass is 499 g/mol. The molecule has 0 amide bonds. The molecule has 0 aliphatic carbocycles. The van der Waals surface area contributed by atoms with E-state index in [2.05, 4.69) is 27.3 Å². The molecule has 186 valence electrons. The molecule has 5 heterocycles. The second-order valence-corrected chi connectivity index (χ2v) is 9.37. The minimum Gasteiger partial charge on any atom is -0.486 e. The maximum absolute atomic E-state index is 12.7. The number of aryl methyl sites for hydroxylation is 1. The quantitative estimate of drug-likeness (QED) is 0.573. The number of pyridine rings is 1. The van der Waals surface area contributed by atoms with Crippen molar-refractivity contribution in [1.29, 1.82) is 0 Å². The van der Waals surface area contributed by atoms with Gasteiger partial charge in [-0.15, -0.1) is 12.4 Å². The summed E-state index contributed by atoms with van der Waals surface area (Å²) in [7, 11) is 0. The van der Waals surface area contributed by atoms with Crippen LogP contribution in [0.4, 0.5) is 0 Å². The van der Waals surface area contributed by atoms with Gasteiger partial charge in [0, 0.05) is 31.7 Å². The first-order chi connectivity index (χ1) is 16.7. The minimum atomic E-state index is -0.143. The third kappa shape index (κ3) is 4.68. The normalized spacial score (nSPS) is 19.9. The number of nitrogens with one attached hydrogen (secondary N) is 1. The highest BCUT2D eigenvalue weighted by Crippen LogP contribution is 2.31. The first-order valence-corrected chi connectivity index (χ1v) is 12.1. The molecule has 3 aromatic rings. The standard InChI is InChI=1S/C25H29N5O4.ClH/c31-23-4-2-20-25-29(24(32)15-27-20)10-7-19(30(23)25)16-28-8-5-18(6-9-28)26-14-17-1-3-21-22(13-17)34-12-11-33-21;/h1-4,13,15,18-19,26H,5-12,14,16H2;1H/t19-;/m0./s1. The van der Waals surface area contributed by atoms with Crippen LogP contribution in [0.1, 0.15) is 30.9 Å². The third-order valence-electron chi connectivity index (χ3n) is 7.22. The summed E-state index contributed by atoms with van der Waals surface area (Å²) in [6.45, 7) is 5.43. The number of aromatic nitrogens is 3. The molecule has 0 radical (unpaired) electrons. The number of hydrogen-bond acceptors (Lipinski definition) is 7. The van der Waals surface area contributed by atoms with Gasteiger partial charge in [0.1, 0.15) is 24.4 Å². The summed E-state index contributed by atoms with van der Waals surface area (Å²) in [6.07, 6.45) is 4.25. The van der Waals surface area contributed by atoms with Gasteiger partial charge in [0.15, 0.2) is 11.5 Å². The van der Waals surface area contributed by atoms with Crippen molar-refractivity contribution in [1.82, 2.24) is 24.3 Å². The molecular weight excluding hydrogens is 470 g/mol. The van der Waals surface area contributed by atoms with Crippen molar-refractivity contribution in [3.05, 3.63) is 62.8 Å². The summed E-state index contributed by atoms with van der Waals surface area (Å²) in [5.74, 6) is 1.65. The van der Waals surface area contributed by atoms with Gasteiger partial charge in [0.2, 0.25) is 0 Å². The van der Waals surface area contributed by atoms with Crippen molar-refractivity contribution in [3.63, 3.8) is 0 Å². The zero-order valence-corrected chi connectivity index (χ0v) is 20.3. The van der Waals surface area contributed by atoms with Crippen LogP contribution in [-0.2, 0) is 13.1 Å². The molecule has 35 heavy (non-hydrogen) atoms. The highest BCUT2D eigenvalue weighted by Gasteiger charge is 2.27. The molecule has 3 aliphatic heterocycles. The van der Waals surface area contributed by atoms with Gasteiger partial charge in [-0.05, 0) is 56.1 Å². The van der Waals surface area contributed by atoms with Crippen LogP contribution in [0.2, 0.25) is 0 Å². The van der Waals surface area contributed by atoms with Crippen molar-refractivity contribution >= 4 is 23.6 Å². The van der Waals surface area contributed by atoms with Gasteiger partial charge in [0.25, 0.3) is 11.1 Å². The largest absolute Gasteiger partial charge is 0.486 e. The Kier molecular flexibility index (Phi) is 6.82. The SMILES string of the molecule is Cl.O=c1cnc2ccc(=O)n3c2n1CC[C@H]3CN1CCC(NCc2ccc3c(c2)OCCO3)CC1.